The molecule has 4 aromatic heterocycles. The fourth-order valence-corrected chi connectivity index (χ4v) is 6.25. The number of carbonyl (C=O) groups excluding carboxylic acids is 1. The summed E-state index contributed by atoms with van der Waals surface area (Å²) in [5.74, 6) is -1.12. The molecule has 7 rings (SSSR count). The number of carbonyl (C=O) groups is 1. The molecule has 0 unspecified atom stereocenters. The van der Waals surface area contributed by atoms with E-state index in [0.29, 0.717) is 34.1 Å². The van der Waals surface area contributed by atoms with Gasteiger partial charge in [-0.25, -0.2) is 13.3 Å². The third kappa shape index (κ3) is 5.62. The van der Waals surface area contributed by atoms with E-state index >= 15 is 4.39 Å². The largest absolute Gasteiger partial charge is 0.452 e. The molecule has 0 N–H and O–H groups in total. The van der Waals surface area contributed by atoms with Crippen LogP contribution in [0.15, 0.2) is 96.4 Å². The molecule has 1 fully saturated rings. The van der Waals surface area contributed by atoms with Gasteiger partial charge in [-0.05, 0) is 79.4 Å². The molecule has 10 heteroatoms. The Labute approximate surface area is 263 Å². The second-order valence-electron chi connectivity index (χ2n) is 11.7. The molecule has 0 atom stereocenters. The van der Waals surface area contributed by atoms with Gasteiger partial charge in [0, 0.05) is 47.9 Å². The predicted octanol–water partition coefficient (Wildman–Crippen LogP) is 7.66. The van der Waals surface area contributed by atoms with Crippen molar-refractivity contribution in [2.24, 2.45) is 0 Å². The number of Topliss-reactive ketones (excluding diaryl/α,β-unsaturated/α-hetero) is 1. The molecule has 1 aliphatic rings. The highest BCUT2D eigenvalue weighted by atomic mass is 19.1. The van der Waals surface area contributed by atoms with Crippen LogP contribution in [0.1, 0.15) is 59.6 Å². The van der Waals surface area contributed by atoms with E-state index in [4.69, 9.17) is 4.74 Å². The predicted molar refractivity (Wildman–Crippen MR) is 170 cm³/mol. The van der Waals surface area contributed by atoms with Crippen LogP contribution in [0.25, 0.3) is 22.3 Å². The van der Waals surface area contributed by atoms with E-state index in [9.17, 15) is 14.0 Å². The SMILES string of the molecule is Cc1ccn(-c2ccc(F)cc2)c(=O)c1C(=O)Cc1ccc(Oc2ccnn3ccc(-c4cnn(C5CCCCC5)c4)c23)c(F)c1. The van der Waals surface area contributed by atoms with Crippen LogP contribution in [0.5, 0.6) is 11.5 Å². The molecular formula is C36H31F2N5O3. The van der Waals surface area contributed by atoms with Gasteiger partial charge in [0.2, 0.25) is 0 Å². The van der Waals surface area contributed by atoms with Crippen molar-refractivity contribution in [3.8, 4) is 28.3 Å². The van der Waals surface area contributed by atoms with Crippen LogP contribution in [0, 0.1) is 18.6 Å². The topological polar surface area (TPSA) is 83.4 Å². The number of pyridine rings is 1. The van der Waals surface area contributed by atoms with E-state index in [2.05, 4.69) is 16.4 Å². The summed E-state index contributed by atoms with van der Waals surface area (Å²) >= 11 is 0. The van der Waals surface area contributed by atoms with E-state index in [1.807, 2.05) is 23.1 Å². The average Bonchev–Trinajstić information content (AvgIpc) is 3.72. The first kappa shape index (κ1) is 29.3. The summed E-state index contributed by atoms with van der Waals surface area (Å²) in [5.41, 5.74) is 3.29. The fraction of sp³-hybridized carbons (Fsp3) is 0.222. The van der Waals surface area contributed by atoms with Crippen LogP contribution in [-0.2, 0) is 6.42 Å². The Hall–Kier alpha value is -5.38. The van der Waals surface area contributed by atoms with Gasteiger partial charge in [-0.3, -0.25) is 18.8 Å². The normalized spacial score (nSPS) is 13.7. The highest BCUT2D eigenvalue weighted by molar-refractivity contribution is 5.98. The van der Waals surface area contributed by atoms with Crippen molar-refractivity contribution in [1.29, 1.82) is 0 Å². The van der Waals surface area contributed by atoms with E-state index in [1.54, 1.807) is 42.0 Å². The minimum atomic E-state index is -0.646. The molecule has 0 amide bonds. The molecule has 0 spiro atoms. The van der Waals surface area contributed by atoms with Crippen molar-refractivity contribution in [2.45, 2.75) is 51.5 Å². The Balaban J connectivity index is 1.13. The first-order chi connectivity index (χ1) is 22.4. The molecule has 0 saturated heterocycles. The molecule has 232 valence electrons. The molecule has 0 bridgehead atoms. The lowest BCUT2D eigenvalue weighted by atomic mass is 9.96. The van der Waals surface area contributed by atoms with Crippen molar-refractivity contribution in [3.63, 3.8) is 0 Å². The molecular weight excluding hydrogens is 588 g/mol. The van der Waals surface area contributed by atoms with Crippen LogP contribution < -0.4 is 10.3 Å². The third-order valence-electron chi connectivity index (χ3n) is 8.64. The van der Waals surface area contributed by atoms with Gasteiger partial charge in [-0.15, -0.1) is 0 Å². The van der Waals surface area contributed by atoms with Gasteiger partial charge in [0.1, 0.15) is 11.3 Å². The highest BCUT2D eigenvalue weighted by Gasteiger charge is 2.21. The second kappa shape index (κ2) is 12.2. The van der Waals surface area contributed by atoms with Crippen molar-refractivity contribution in [3.05, 3.63) is 130 Å². The van der Waals surface area contributed by atoms with Crippen LogP contribution in [0.3, 0.4) is 0 Å². The maximum atomic E-state index is 15.5. The monoisotopic (exact) mass is 619 g/mol. The molecule has 4 heterocycles. The minimum Gasteiger partial charge on any atom is -0.452 e. The number of aromatic nitrogens is 5. The van der Waals surface area contributed by atoms with Gasteiger partial charge in [0.05, 0.1) is 24.0 Å². The van der Waals surface area contributed by atoms with E-state index < -0.39 is 23.0 Å². The van der Waals surface area contributed by atoms with Crippen LogP contribution >= 0.6 is 0 Å². The number of rotatable bonds is 8. The number of hydrogen-bond donors (Lipinski definition) is 0. The van der Waals surface area contributed by atoms with Crippen molar-refractivity contribution in [1.82, 2.24) is 24.0 Å². The smallest absolute Gasteiger partial charge is 0.266 e. The molecule has 1 saturated carbocycles. The average molecular weight is 620 g/mol. The molecule has 0 aliphatic heterocycles. The molecule has 6 aromatic rings. The Morgan fingerprint density at radius 1 is 0.935 bits per heavy atom. The quantitative estimate of drug-likeness (QED) is 0.163. The van der Waals surface area contributed by atoms with Crippen LogP contribution in [0.4, 0.5) is 8.78 Å². The van der Waals surface area contributed by atoms with Gasteiger partial charge < -0.3 is 4.74 Å². The lowest BCUT2D eigenvalue weighted by Gasteiger charge is -2.21. The summed E-state index contributed by atoms with van der Waals surface area (Å²) in [7, 11) is 0. The lowest BCUT2D eigenvalue weighted by molar-refractivity contribution is 0.0990. The second-order valence-corrected chi connectivity index (χ2v) is 11.7. The molecule has 1 aliphatic carbocycles. The van der Waals surface area contributed by atoms with E-state index in [-0.39, 0.29) is 17.7 Å². The summed E-state index contributed by atoms with van der Waals surface area (Å²) < 4.78 is 40.0. The summed E-state index contributed by atoms with van der Waals surface area (Å²) in [5, 5.41) is 9.05. The number of ketones is 1. The van der Waals surface area contributed by atoms with Crippen molar-refractivity contribution >= 4 is 11.3 Å². The lowest BCUT2D eigenvalue weighted by Crippen LogP contribution is -2.27. The number of halogens is 2. The Bertz CT molecular complexity index is 2120. The maximum absolute atomic E-state index is 15.5. The third-order valence-corrected chi connectivity index (χ3v) is 8.64. The van der Waals surface area contributed by atoms with Crippen LogP contribution in [-0.4, -0.2) is 29.7 Å². The van der Waals surface area contributed by atoms with Crippen molar-refractivity contribution < 1.29 is 18.3 Å². The molecule has 8 nitrogen and oxygen atoms in total. The maximum Gasteiger partial charge on any atom is 0.266 e. The van der Waals surface area contributed by atoms with E-state index in [0.717, 1.165) is 24.0 Å². The van der Waals surface area contributed by atoms with Crippen molar-refractivity contribution in [2.75, 3.05) is 0 Å². The molecule has 46 heavy (non-hydrogen) atoms. The summed E-state index contributed by atoms with van der Waals surface area (Å²) in [4.78, 5) is 26.6. The Kier molecular flexibility index (Phi) is 7.78. The number of fused-ring (bicyclic) bond motifs is 1. The Morgan fingerprint density at radius 2 is 1.74 bits per heavy atom. The number of nitrogens with zero attached hydrogens (tertiary/aromatic N) is 5. The van der Waals surface area contributed by atoms with Gasteiger partial charge >= 0.3 is 0 Å². The minimum absolute atomic E-state index is 0.000640. The number of benzene rings is 2. The molecule has 0 radical (unpaired) electrons. The Morgan fingerprint density at radius 3 is 2.52 bits per heavy atom. The zero-order valence-corrected chi connectivity index (χ0v) is 25.2. The summed E-state index contributed by atoms with van der Waals surface area (Å²) in [6.45, 7) is 1.67. The van der Waals surface area contributed by atoms with Gasteiger partial charge in [-0.2, -0.15) is 10.2 Å². The summed E-state index contributed by atoms with van der Waals surface area (Å²) in [6.07, 6.45) is 14.6. The van der Waals surface area contributed by atoms with Crippen LogP contribution in [0.2, 0.25) is 0 Å². The summed E-state index contributed by atoms with van der Waals surface area (Å²) in [6, 6.07) is 15.4. The highest BCUT2D eigenvalue weighted by Crippen LogP contribution is 2.36. The molecule has 2 aromatic carbocycles. The van der Waals surface area contributed by atoms with Gasteiger partial charge in [0.15, 0.2) is 23.1 Å². The number of aryl methyl sites for hydroxylation is 1. The fourth-order valence-electron chi connectivity index (χ4n) is 6.25. The first-order valence-corrected chi connectivity index (χ1v) is 15.3. The van der Waals surface area contributed by atoms with E-state index in [1.165, 1.54) is 60.2 Å². The zero-order chi connectivity index (χ0) is 31.8. The standard InChI is InChI=1S/C36H31F2N5O3/c1-23-14-17-41(27-10-8-26(37)9-11-27)36(45)34(23)31(44)20-24-7-12-32(30(38)19-24)46-33-13-16-39-42-18-15-29(35(33)42)25-21-40-43(22-25)28-5-3-2-4-6-28/h7-19,21-22,28H,2-6,20H2,1H3. The number of hydrogen-bond acceptors (Lipinski definition) is 5. The van der Waals surface area contributed by atoms with Gasteiger partial charge in [0.25, 0.3) is 5.56 Å². The number of ether oxygens (including phenoxy) is 1. The first-order valence-electron chi connectivity index (χ1n) is 15.3. The van der Waals surface area contributed by atoms with Gasteiger partial charge in [-0.1, -0.05) is 25.3 Å². The zero-order valence-electron chi connectivity index (χ0n) is 25.2.